The minimum Gasteiger partial charge on any atom is -0.333 e. The minimum absolute atomic E-state index is 0.343. The van der Waals surface area contributed by atoms with Gasteiger partial charge in [0, 0.05) is 10.9 Å². The first-order valence-corrected chi connectivity index (χ1v) is 5.52. The molecule has 3 rings (SSSR count). The lowest BCUT2D eigenvalue weighted by molar-refractivity contribution is 0.624. The van der Waals surface area contributed by atoms with Gasteiger partial charge in [-0.05, 0) is 30.2 Å². The van der Waals surface area contributed by atoms with Crippen LogP contribution in [0, 0.1) is 17.7 Å². The lowest BCUT2D eigenvalue weighted by Crippen LogP contribution is -1.78. The largest absolute Gasteiger partial charge is 0.333 e. The number of halogens is 1. The van der Waals surface area contributed by atoms with Crippen molar-refractivity contribution >= 4 is 11.0 Å². The second kappa shape index (κ2) is 4.34. The van der Waals surface area contributed by atoms with Gasteiger partial charge in [0.25, 0.3) is 0 Å². The van der Waals surface area contributed by atoms with Crippen molar-refractivity contribution < 1.29 is 4.39 Å². The van der Waals surface area contributed by atoms with E-state index in [0.717, 1.165) is 16.6 Å². The SMILES string of the molecule is Fc1cnc2[nH]c(C#Cc3ccccc3)cc2c1. The van der Waals surface area contributed by atoms with Gasteiger partial charge < -0.3 is 4.98 Å². The van der Waals surface area contributed by atoms with Crippen molar-refractivity contribution in [3.63, 3.8) is 0 Å². The standard InChI is InChI=1S/C15H9FN2/c16-13-8-12-9-14(18-15(12)17-10-13)7-6-11-4-2-1-3-5-11/h1-5,8-10H,(H,17,18). The number of nitrogens with one attached hydrogen (secondary N) is 1. The molecule has 2 nitrogen and oxygen atoms in total. The second-order valence-corrected chi connectivity index (χ2v) is 3.89. The van der Waals surface area contributed by atoms with Gasteiger partial charge in [-0.1, -0.05) is 24.1 Å². The van der Waals surface area contributed by atoms with E-state index < -0.39 is 0 Å². The molecule has 0 aliphatic carbocycles. The highest BCUT2D eigenvalue weighted by Crippen LogP contribution is 2.13. The predicted octanol–water partition coefficient (Wildman–Crippen LogP) is 3.10. The number of rotatable bonds is 0. The molecular weight excluding hydrogens is 227 g/mol. The van der Waals surface area contributed by atoms with Crippen LogP contribution in [0.2, 0.25) is 0 Å². The molecule has 86 valence electrons. The normalized spacial score (nSPS) is 10.1. The molecule has 1 N–H and O–H groups in total. The molecule has 3 aromatic rings. The van der Waals surface area contributed by atoms with E-state index in [9.17, 15) is 4.39 Å². The number of benzene rings is 1. The fourth-order valence-corrected chi connectivity index (χ4v) is 1.72. The summed E-state index contributed by atoms with van der Waals surface area (Å²) in [5.74, 6) is 5.69. The first kappa shape index (κ1) is 10.5. The Morgan fingerprint density at radius 1 is 1.06 bits per heavy atom. The molecule has 0 aliphatic heterocycles. The van der Waals surface area contributed by atoms with Crippen molar-refractivity contribution in [1.29, 1.82) is 0 Å². The van der Waals surface area contributed by atoms with Crippen LogP contribution in [0.3, 0.4) is 0 Å². The summed E-state index contributed by atoms with van der Waals surface area (Å²) in [7, 11) is 0. The van der Waals surface area contributed by atoms with E-state index in [4.69, 9.17) is 0 Å². The van der Waals surface area contributed by atoms with Gasteiger partial charge >= 0.3 is 0 Å². The maximum absolute atomic E-state index is 13.0. The number of hydrogen-bond acceptors (Lipinski definition) is 1. The van der Waals surface area contributed by atoms with Crippen LogP contribution in [0.5, 0.6) is 0 Å². The van der Waals surface area contributed by atoms with Gasteiger partial charge in [-0.15, -0.1) is 0 Å². The van der Waals surface area contributed by atoms with Crippen LogP contribution in [0.4, 0.5) is 4.39 Å². The van der Waals surface area contributed by atoms with Gasteiger partial charge in [-0.2, -0.15) is 0 Å². The van der Waals surface area contributed by atoms with Gasteiger partial charge in [0.15, 0.2) is 0 Å². The average molecular weight is 236 g/mol. The van der Waals surface area contributed by atoms with Crippen molar-refractivity contribution in [2.75, 3.05) is 0 Å². The van der Waals surface area contributed by atoms with Crippen LogP contribution in [-0.4, -0.2) is 9.97 Å². The molecule has 0 radical (unpaired) electrons. The lowest BCUT2D eigenvalue weighted by atomic mass is 10.2. The van der Waals surface area contributed by atoms with Gasteiger partial charge in [0.05, 0.1) is 11.9 Å². The zero-order valence-electron chi connectivity index (χ0n) is 9.44. The topological polar surface area (TPSA) is 28.7 Å². The van der Waals surface area contributed by atoms with E-state index in [2.05, 4.69) is 21.8 Å². The monoisotopic (exact) mass is 236 g/mol. The highest BCUT2D eigenvalue weighted by molar-refractivity contribution is 5.77. The molecule has 3 heteroatoms. The lowest BCUT2D eigenvalue weighted by Gasteiger charge is -1.86. The summed E-state index contributed by atoms with van der Waals surface area (Å²) < 4.78 is 13.0. The summed E-state index contributed by atoms with van der Waals surface area (Å²) in [5, 5.41) is 0.729. The molecule has 0 saturated carbocycles. The molecular formula is C15H9FN2. The Labute approximate surface area is 103 Å². The highest BCUT2D eigenvalue weighted by atomic mass is 19.1. The summed E-state index contributed by atoms with van der Waals surface area (Å²) in [4.78, 5) is 7.00. The minimum atomic E-state index is -0.343. The molecule has 0 bridgehead atoms. The van der Waals surface area contributed by atoms with Crippen LogP contribution >= 0.6 is 0 Å². The fourth-order valence-electron chi connectivity index (χ4n) is 1.72. The van der Waals surface area contributed by atoms with Crippen LogP contribution in [0.25, 0.3) is 11.0 Å². The van der Waals surface area contributed by atoms with E-state index in [1.807, 2.05) is 30.3 Å². The van der Waals surface area contributed by atoms with E-state index in [-0.39, 0.29) is 5.82 Å². The number of aromatic amines is 1. The third kappa shape index (κ3) is 2.09. The number of nitrogens with zero attached hydrogens (tertiary/aromatic N) is 1. The average Bonchev–Trinajstić information content (AvgIpc) is 2.79. The van der Waals surface area contributed by atoms with Crippen molar-refractivity contribution in [2.45, 2.75) is 0 Å². The Bertz CT molecular complexity index is 748. The second-order valence-electron chi connectivity index (χ2n) is 3.89. The Morgan fingerprint density at radius 2 is 1.89 bits per heavy atom. The zero-order chi connectivity index (χ0) is 12.4. The number of H-pyrrole nitrogens is 1. The van der Waals surface area contributed by atoms with Crippen molar-refractivity contribution in [1.82, 2.24) is 9.97 Å². The van der Waals surface area contributed by atoms with E-state index in [0.29, 0.717) is 5.65 Å². The number of hydrogen-bond donors (Lipinski definition) is 1. The van der Waals surface area contributed by atoms with Crippen LogP contribution < -0.4 is 0 Å². The van der Waals surface area contributed by atoms with Crippen molar-refractivity contribution in [3.8, 4) is 11.8 Å². The molecule has 0 amide bonds. The molecule has 0 aliphatic rings. The van der Waals surface area contributed by atoms with E-state index in [1.54, 1.807) is 6.07 Å². The smallest absolute Gasteiger partial charge is 0.142 e. The molecule has 18 heavy (non-hydrogen) atoms. The van der Waals surface area contributed by atoms with Gasteiger partial charge in [-0.25, -0.2) is 9.37 Å². The fraction of sp³-hybridized carbons (Fsp3) is 0. The highest BCUT2D eigenvalue weighted by Gasteiger charge is 2.00. The zero-order valence-corrected chi connectivity index (χ0v) is 9.44. The predicted molar refractivity (Wildman–Crippen MR) is 68.5 cm³/mol. The first-order chi connectivity index (χ1) is 8.81. The third-order valence-corrected chi connectivity index (χ3v) is 2.55. The Kier molecular flexibility index (Phi) is 2.54. The molecule has 2 aromatic heterocycles. The quantitative estimate of drug-likeness (QED) is 0.597. The van der Waals surface area contributed by atoms with Gasteiger partial charge in [0.1, 0.15) is 11.5 Å². The number of pyridine rings is 1. The summed E-state index contributed by atoms with van der Waals surface area (Å²) in [5.41, 5.74) is 2.32. The van der Waals surface area contributed by atoms with Gasteiger partial charge in [0.2, 0.25) is 0 Å². The Hall–Kier alpha value is -2.60. The molecule has 0 saturated heterocycles. The summed E-state index contributed by atoms with van der Waals surface area (Å²) in [6.07, 6.45) is 1.19. The summed E-state index contributed by atoms with van der Waals surface area (Å²) >= 11 is 0. The third-order valence-electron chi connectivity index (χ3n) is 2.55. The maximum Gasteiger partial charge on any atom is 0.142 e. The number of fused-ring (bicyclic) bond motifs is 1. The molecule has 0 atom stereocenters. The molecule has 0 unspecified atom stereocenters. The first-order valence-electron chi connectivity index (χ1n) is 5.52. The molecule has 1 aromatic carbocycles. The van der Waals surface area contributed by atoms with Crippen molar-refractivity contribution in [3.05, 3.63) is 65.7 Å². The van der Waals surface area contributed by atoms with E-state index >= 15 is 0 Å². The molecule has 0 fully saturated rings. The molecule has 0 spiro atoms. The van der Waals surface area contributed by atoms with Gasteiger partial charge in [-0.3, -0.25) is 0 Å². The van der Waals surface area contributed by atoms with Crippen molar-refractivity contribution in [2.24, 2.45) is 0 Å². The van der Waals surface area contributed by atoms with Crippen LogP contribution in [0.1, 0.15) is 11.3 Å². The van der Waals surface area contributed by atoms with Crippen LogP contribution in [-0.2, 0) is 0 Å². The Balaban J connectivity index is 1.99. The number of aromatic nitrogens is 2. The summed E-state index contributed by atoms with van der Waals surface area (Å²) in [6.45, 7) is 0. The maximum atomic E-state index is 13.0. The summed E-state index contributed by atoms with van der Waals surface area (Å²) in [6, 6.07) is 12.9. The molecule has 2 heterocycles. The van der Waals surface area contributed by atoms with Crippen LogP contribution in [0.15, 0.2) is 48.7 Å². The Morgan fingerprint density at radius 3 is 2.72 bits per heavy atom. The van der Waals surface area contributed by atoms with E-state index in [1.165, 1.54) is 12.3 Å².